The van der Waals surface area contributed by atoms with E-state index in [0.29, 0.717) is 28.1 Å². The Balaban J connectivity index is 1.99. The predicted octanol–water partition coefficient (Wildman–Crippen LogP) is 3.44. The van der Waals surface area contributed by atoms with Gasteiger partial charge in [-0.2, -0.15) is 0 Å². The first kappa shape index (κ1) is 23.0. The molecule has 3 N–H and O–H groups in total. The summed E-state index contributed by atoms with van der Waals surface area (Å²) in [6.45, 7) is 6.00. The van der Waals surface area contributed by atoms with E-state index in [-0.39, 0.29) is 22.5 Å². The van der Waals surface area contributed by atoms with Crippen molar-refractivity contribution >= 4 is 54.9 Å². The first-order valence-corrected chi connectivity index (χ1v) is 11.2. The Kier molecular flexibility index (Phi) is 8.32. The zero-order valence-electron chi connectivity index (χ0n) is 15.6. The number of benzene rings is 2. The molecule has 0 saturated heterocycles. The molecule has 0 radical (unpaired) electrons. The van der Waals surface area contributed by atoms with Gasteiger partial charge in [0.05, 0.1) is 16.0 Å². The summed E-state index contributed by atoms with van der Waals surface area (Å²) in [6, 6.07) is 10.9. The van der Waals surface area contributed by atoms with E-state index in [1.54, 1.807) is 30.3 Å². The molecule has 29 heavy (non-hydrogen) atoms. The molecule has 0 spiro atoms. The molecule has 0 aliphatic carbocycles. The number of hydrogen-bond donors (Lipinski definition) is 3. The van der Waals surface area contributed by atoms with Crippen LogP contribution in [0, 0.1) is 0 Å². The molecule has 2 rings (SSSR count). The van der Waals surface area contributed by atoms with Crippen LogP contribution in [-0.2, 0) is 10.0 Å². The second-order valence-corrected chi connectivity index (χ2v) is 8.68. The van der Waals surface area contributed by atoms with Gasteiger partial charge in [-0.1, -0.05) is 6.08 Å². The number of anilines is 1. The molecule has 0 atom stereocenters. The number of carbonyl (C=O) groups is 1. The topological polar surface area (TPSA) is 96.5 Å². The van der Waals surface area contributed by atoms with Crippen molar-refractivity contribution in [1.29, 1.82) is 0 Å². The Morgan fingerprint density at radius 1 is 1.24 bits per heavy atom. The Hall–Kier alpha value is -2.27. The summed E-state index contributed by atoms with van der Waals surface area (Å²) in [7, 11) is -3.60. The molecule has 0 aliphatic heterocycles. The van der Waals surface area contributed by atoms with Crippen LogP contribution in [0.5, 0.6) is 5.75 Å². The van der Waals surface area contributed by atoms with E-state index in [4.69, 9.17) is 17.0 Å². The van der Waals surface area contributed by atoms with Crippen LogP contribution < -0.4 is 20.1 Å². The van der Waals surface area contributed by atoms with Crippen molar-refractivity contribution in [3.63, 3.8) is 0 Å². The molecule has 7 nitrogen and oxygen atoms in total. The van der Waals surface area contributed by atoms with Crippen molar-refractivity contribution in [3.8, 4) is 5.75 Å². The van der Waals surface area contributed by atoms with Gasteiger partial charge in [0.15, 0.2) is 5.11 Å². The van der Waals surface area contributed by atoms with Gasteiger partial charge < -0.3 is 10.1 Å². The quantitative estimate of drug-likeness (QED) is 0.381. The molecular weight excluding hydrogens is 478 g/mol. The van der Waals surface area contributed by atoms with Crippen LogP contribution in [0.4, 0.5) is 5.69 Å². The fourth-order valence-corrected chi connectivity index (χ4v) is 3.92. The van der Waals surface area contributed by atoms with Crippen LogP contribution >= 0.6 is 28.1 Å². The Morgan fingerprint density at radius 2 is 1.93 bits per heavy atom. The van der Waals surface area contributed by atoms with Gasteiger partial charge in [-0.3, -0.25) is 10.1 Å². The molecule has 0 saturated carbocycles. The van der Waals surface area contributed by atoms with Crippen LogP contribution in [0.1, 0.15) is 17.3 Å². The van der Waals surface area contributed by atoms with E-state index in [9.17, 15) is 13.2 Å². The van der Waals surface area contributed by atoms with Crippen molar-refractivity contribution < 1.29 is 17.9 Å². The van der Waals surface area contributed by atoms with E-state index in [1.807, 2.05) is 6.92 Å². The number of ether oxygens (including phenoxy) is 1. The average Bonchev–Trinajstić information content (AvgIpc) is 2.68. The summed E-state index contributed by atoms with van der Waals surface area (Å²) in [6.07, 6.45) is 1.46. The number of halogens is 1. The van der Waals surface area contributed by atoms with Crippen LogP contribution in [0.2, 0.25) is 0 Å². The Labute approximate surface area is 183 Å². The maximum absolute atomic E-state index is 12.4. The van der Waals surface area contributed by atoms with Gasteiger partial charge in [0.2, 0.25) is 10.0 Å². The molecule has 0 fully saturated rings. The predicted molar refractivity (Wildman–Crippen MR) is 121 cm³/mol. The largest absolute Gasteiger partial charge is 0.493 e. The maximum Gasteiger partial charge on any atom is 0.257 e. The second-order valence-electron chi connectivity index (χ2n) is 5.65. The van der Waals surface area contributed by atoms with Crippen LogP contribution in [0.3, 0.4) is 0 Å². The molecule has 0 bridgehead atoms. The average molecular weight is 498 g/mol. The van der Waals surface area contributed by atoms with Gasteiger partial charge in [0, 0.05) is 17.8 Å². The van der Waals surface area contributed by atoms with Gasteiger partial charge in [0.25, 0.3) is 5.91 Å². The van der Waals surface area contributed by atoms with Crippen molar-refractivity contribution in [2.45, 2.75) is 11.8 Å². The lowest BCUT2D eigenvalue weighted by molar-refractivity contribution is 0.0977. The summed E-state index contributed by atoms with van der Waals surface area (Å²) in [5.41, 5.74) is 0.935. The Bertz CT molecular complexity index is 1010. The number of rotatable bonds is 8. The van der Waals surface area contributed by atoms with Gasteiger partial charge in [-0.25, -0.2) is 13.1 Å². The summed E-state index contributed by atoms with van der Waals surface area (Å²) in [4.78, 5) is 12.5. The minimum absolute atomic E-state index is 0.0837. The summed E-state index contributed by atoms with van der Waals surface area (Å²) >= 11 is 8.52. The summed E-state index contributed by atoms with van der Waals surface area (Å²) in [5, 5.41) is 5.50. The number of nitrogens with one attached hydrogen (secondary N) is 3. The number of hydrogen-bond acceptors (Lipinski definition) is 5. The molecule has 0 heterocycles. The SMILES string of the molecule is C=CCNS(=O)(=O)c1ccc(NC(=S)NC(=O)c2ccc(OCC)c(Br)c2)cc1. The van der Waals surface area contributed by atoms with Gasteiger partial charge in [-0.15, -0.1) is 6.58 Å². The van der Waals surface area contributed by atoms with Crippen LogP contribution in [-0.4, -0.2) is 32.6 Å². The number of amides is 1. The first-order chi connectivity index (χ1) is 13.8. The molecule has 0 aromatic heterocycles. The number of thiocarbonyl (C=S) groups is 1. The molecule has 0 aliphatic rings. The van der Waals surface area contributed by atoms with Crippen LogP contribution in [0.15, 0.2) is 64.5 Å². The van der Waals surface area contributed by atoms with E-state index >= 15 is 0 Å². The monoisotopic (exact) mass is 497 g/mol. The standard InChI is InChI=1S/C19H20BrN3O4S2/c1-3-11-21-29(25,26)15-8-6-14(7-9-15)22-19(28)23-18(24)13-5-10-17(27-4-2)16(20)12-13/h3,5-10,12,21H,1,4,11H2,2H3,(H2,22,23,24,28). The second kappa shape index (κ2) is 10.5. The third-order valence-corrected chi connectivity index (χ3v) is 5.82. The lowest BCUT2D eigenvalue weighted by Gasteiger charge is -2.11. The van der Waals surface area contributed by atoms with Crippen molar-refractivity contribution in [1.82, 2.24) is 10.0 Å². The lowest BCUT2D eigenvalue weighted by atomic mass is 10.2. The fraction of sp³-hybridized carbons (Fsp3) is 0.158. The number of sulfonamides is 1. The fourth-order valence-electron chi connectivity index (χ4n) is 2.22. The summed E-state index contributed by atoms with van der Waals surface area (Å²) in [5.74, 6) is 0.251. The van der Waals surface area contributed by atoms with E-state index in [1.165, 1.54) is 18.2 Å². The molecule has 154 valence electrons. The lowest BCUT2D eigenvalue weighted by Crippen LogP contribution is -2.34. The third-order valence-electron chi connectivity index (χ3n) is 3.56. The number of carbonyl (C=O) groups excluding carboxylic acids is 1. The molecule has 2 aromatic carbocycles. The third kappa shape index (κ3) is 6.64. The maximum atomic E-state index is 12.4. The van der Waals surface area contributed by atoms with E-state index < -0.39 is 10.0 Å². The van der Waals surface area contributed by atoms with Crippen LogP contribution in [0.25, 0.3) is 0 Å². The van der Waals surface area contributed by atoms with Crippen molar-refractivity contribution in [2.75, 3.05) is 18.5 Å². The molecule has 2 aromatic rings. The van der Waals surface area contributed by atoms with Crippen molar-refractivity contribution in [3.05, 3.63) is 65.2 Å². The normalized spacial score (nSPS) is 10.8. The molecular formula is C19H20BrN3O4S2. The van der Waals surface area contributed by atoms with E-state index in [2.05, 4.69) is 37.9 Å². The highest BCUT2D eigenvalue weighted by Gasteiger charge is 2.13. The van der Waals surface area contributed by atoms with Crippen molar-refractivity contribution in [2.24, 2.45) is 0 Å². The van der Waals surface area contributed by atoms with E-state index in [0.717, 1.165) is 0 Å². The van der Waals surface area contributed by atoms with Gasteiger partial charge >= 0.3 is 0 Å². The molecule has 0 unspecified atom stereocenters. The Morgan fingerprint density at radius 3 is 2.52 bits per heavy atom. The zero-order chi connectivity index (χ0) is 21.4. The smallest absolute Gasteiger partial charge is 0.257 e. The van der Waals surface area contributed by atoms with Gasteiger partial charge in [0.1, 0.15) is 5.75 Å². The van der Waals surface area contributed by atoms with Gasteiger partial charge in [-0.05, 0) is 77.5 Å². The summed E-state index contributed by atoms with van der Waals surface area (Å²) < 4.78 is 32.6. The molecule has 10 heteroatoms. The minimum Gasteiger partial charge on any atom is -0.493 e. The highest BCUT2D eigenvalue weighted by molar-refractivity contribution is 9.10. The highest BCUT2D eigenvalue weighted by atomic mass is 79.9. The highest BCUT2D eigenvalue weighted by Crippen LogP contribution is 2.26. The minimum atomic E-state index is -3.60. The first-order valence-electron chi connectivity index (χ1n) is 8.52. The zero-order valence-corrected chi connectivity index (χ0v) is 18.8. The molecule has 1 amide bonds.